The molecule has 1 saturated heterocycles. The van der Waals surface area contributed by atoms with Crippen LogP contribution in [0.2, 0.25) is 0 Å². The van der Waals surface area contributed by atoms with Crippen molar-refractivity contribution >= 4 is 0 Å². The summed E-state index contributed by atoms with van der Waals surface area (Å²) >= 11 is 0. The third kappa shape index (κ3) is 1.60. The third-order valence-corrected chi connectivity index (χ3v) is 4.52. The molecule has 1 aliphatic rings. The van der Waals surface area contributed by atoms with Gasteiger partial charge in [-0.15, -0.1) is 0 Å². The van der Waals surface area contributed by atoms with Gasteiger partial charge in [0.2, 0.25) is 0 Å². The predicted molar refractivity (Wildman–Crippen MR) is 63.4 cm³/mol. The van der Waals surface area contributed by atoms with Gasteiger partial charge in [0.25, 0.3) is 0 Å². The summed E-state index contributed by atoms with van der Waals surface area (Å²) in [6, 6.07) is 0. The highest BCUT2D eigenvalue weighted by molar-refractivity contribution is 5.01. The van der Waals surface area contributed by atoms with Crippen molar-refractivity contribution in [2.45, 2.75) is 48.0 Å². The average molecular weight is 197 g/mol. The summed E-state index contributed by atoms with van der Waals surface area (Å²) in [5.74, 6) is 1.66. The molecular weight excluding hydrogens is 170 g/mol. The Morgan fingerprint density at radius 1 is 1.21 bits per heavy atom. The third-order valence-electron chi connectivity index (χ3n) is 4.52. The van der Waals surface area contributed by atoms with Crippen LogP contribution in [0, 0.1) is 22.7 Å². The molecule has 0 aromatic carbocycles. The molecule has 0 bridgehead atoms. The zero-order valence-corrected chi connectivity index (χ0v) is 10.8. The van der Waals surface area contributed by atoms with Gasteiger partial charge in [0, 0.05) is 0 Å². The van der Waals surface area contributed by atoms with Crippen molar-refractivity contribution in [1.82, 2.24) is 5.32 Å². The van der Waals surface area contributed by atoms with E-state index < -0.39 is 0 Å². The van der Waals surface area contributed by atoms with Crippen molar-refractivity contribution in [2.75, 3.05) is 13.1 Å². The van der Waals surface area contributed by atoms with E-state index in [2.05, 4.69) is 46.9 Å². The molecule has 14 heavy (non-hydrogen) atoms. The second kappa shape index (κ2) is 3.84. The first-order valence-electron chi connectivity index (χ1n) is 6.07. The Labute approximate surface area is 89.7 Å². The van der Waals surface area contributed by atoms with Crippen LogP contribution >= 0.6 is 0 Å². The highest BCUT2D eigenvalue weighted by atomic mass is 15.0. The molecule has 0 aromatic heterocycles. The number of hydrogen-bond acceptors (Lipinski definition) is 1. The van der Waals surface area contributed by atoms with Crippen LogP contribution in [0.5, 0.6) is 0 Å². The van der Waals surface area contributed by atoms with E-state index in [1.54, 1.807) is 0 Å². The zero-order chi connectivity index (χ0) is 11.0. The minimum atomic E-state index is 0.419. The summed E-state index contributed by atoms with van der Waals surface area (Å²) in [5.41, 5.74) is 0.931. The molecular formula is C13H27N. The van der Waals surface area contributed by atoms with Gasteiger partial charge in [-0.2, -0.15) is 0 Å². The predicted octanol–water partition coefficient (Wildman–Crippen LogP) is 3.30. The molecule has 0 aliphatic carbocycles. The Balaban J connectivity index is 2.97. The van der Waals surface area contributed by atoms with Crippen molar-refractivity contribution in [2.24, 2.45) is 22.7 Å². The van der Waals surface area contributed by atoms with Crippen LogP contribution < -0.4 is 5.32 Å². The molecule has 1 N–H and O–H groups in total. The maximum atomic E-state index is 3.43. The first-order valence-corrected chi connectivity index (χ1v) is 6.07. The Hall–Kier alpha value is -0.0400. The number of nitrogens with one attached hydrogen (secondary N) is 1. The SMILES string of the molecule is CCC(C(C)C)(C1CNC1)C(C)(C)C. The van der Waals surface area contributed by atoms with Crippen molar-refractivity contribution in [1.29, 1.82) is 0 Å². The van der Waals surface area contributed by atoms with Gasteiger partial charge in [-0.3, -0.25) is 0 Å². The van der Waals surface area contributed by atoms with Gasteiger partial charge in [0.1, 0.15) is 0 Å². The highest BCUT2D eigenvalue weighted by Crippen LogP contribution is 2.53. The quantitative estimate of drug-likeness (QED) is 0.732. The Morgan fingerprint density at radius 3 is 1.79 bits per heavy atom. The van der Waals surface area contributed by atoms with Gasteiger partial charge in [-0.1, -0.05) is 41.5 Å². The van der Waals surface area contributed by atoms with Gasteiger partial charge in [-0.25, -0.2) is 0 Å². The Kier molecular flexibility index (Phi) is 3.30. The summed E-state index contributed by atoms with van der Waals surface area (Å²) in [6.45, 7) is 16.8. The number of rotatable bonds is 3. The molecule has 0 radical (unpaired) electrons. The van der Waals surface area contributed by atoms with Crippen LogP contribution in [0.25, 0.3) is 0 Å². The number of hydrogen-bond donors (Lipinski definition) is 1. The van der Waals surface area contributed by atoms with Crippen LogP contribution in [-0.2, 0) is 0 Å². The van der Waals surface area contributed by atoms with Gasteiger partial charge in [0.05, 0.1) is 0 Å². The first-order chi connectivity index (χ1) is 6.36. The average Bonchev–Trinajstić information content (AvgIpc) is 1.92. The maximum absolute atomic E-state index is 3.43. The molecule has 0 saturated carbocycles. The molecule has 84 valence electrons. The lowest BCUT2D eigenvalue weighted by Crippen LogP contribution is -2.58. The normalized spacial score (nSPS) is 23.4. The van der Waals surface area contributed by atoms with E-state index in [0.717, 1.165) is 11.8 Å². The van der Waals surface area contributed by atoms with E-state index >= 15 is 0 Å². The van der Waals surface area contributed by atoms with Crippen LogP contribution in [0.3, 0.4) is 0 Å². The molecule has 1 atom stereocenters. The largest absolute Gasteiger partial charge is 0.316 e. The minimum Gasteiger partial charge on any atom is -0.316 e. The zero-order valence-electron chi connectivity index (χ0n) is 10.8. The maximum Gasteiger partial charge on any atom is -0.000262 e. The van der Waals surface area contributed by atoms with Crippen LogP contribution in [0.15, 0.2) is 0 Å². The van der Waals surface area contributed by atoms with Crippen LogP contribution in [-0.4, -0.2) is 13.1 Å². The van der Waals surface area contributed by atoms with Crippen molar-refractivity contribution in [3.8, 4) is 0 Å². The molecule has 1 nitrogen and oxygen atoms in total. The monoisotopic (exact) mass is 197 g/mol. The first kappa shape index (κ1) is 12.0. The van der Waals surface area contributed by atoms with Crippen LogP contribution in [0.4, 0.5) is 0 Å². The molecule has 1 heterocycles. The fourth-order valence-corrected chi connectivity index (χ4v) is 3.83. The van der Waals surface area contributed by atoms with E-state index in [1.807, 2.05) is 0 Å². The van der Waals surface area contributed by atoms with Gasteiger partial charge >= 0.3 is 0 Å². The molecule has 1 heteroatoms. The van der Waals surface area contributed by atoms with E-state index in [1.165, 1.54) is 19.5 Å². The summed E-state index contributed by atoms with van der Waals surface area (Å²) in [4.78, 5) is 0. The lowest BCUT2D eigenvalue weighted by Gasteiger charge is -2.56. The Morgan fingerprint density at radius 2 is 1.71 bits per heavy atom. The molecule has 1 unspecified atom stereocenters. The minimum absolute atomic E-state index is 0.419. The summed E-state index contributed by atoms with van der Waals surface area (Å²) < 4.78 is 0. The van der Waals surface area contributed by atoms with Gasteiger partial charge in [-0.05, 0) is 42.2 Å². The van der Waals surface area contributed by atoms with Gasteiger partial charge in [0.15, 0.2) is 0 Å². The summed E-state index contributed by atoms with van der Waals surface area (Å²) in [5, 5.41) is 3.43. The van der Waals surface area contributed by atoms with Crippen molar-refractivity contribution in [3.05, 3.63) is 0 Å². The van der Waals surface area contributed by atoms with E-state index in [-0.39, 0.29) is 0 Å². The van der Waals surface area contributed by atoms with E-state index in [0.29, 0.717) is 10.8 Å². The highest BCUT2D eigenvalue weighted by Gasteiger charge is 2.50. The van der Waals surface area contributed by atoms with Crippen molar-refractivity contribution in [3.63, 3.8) is 0 Å². The van der Waals surface area contributed by atoms with E-state index in [9.17, 15) is 0 Å². The smallest absolute Gasteiger partial charge is 0.000262 e. The molecule has 1 rings (SSSR count). The molecule has 0 spiro atoms. The van der Waals surface area contributed by atoms with Crippen LogP contribution in [0.1, 0.15) is 48.0 Å². The molecule has 0 amide bonds. The lowest BCUT2D eigenvalue weighted by atomic mass is 9.52. The topological polar surface area (TPSA) is 12.0 Å². The molecule has 1 aliphatic heterocycles. The summed E-state index contributed by atoms with van der Waals surface area (Å²) in [6.07, 6.45) is 1.31. The molecule has 1 fully saturated rings. The van der Waals surface area contributed by atoms with Gasteiger partial charge < -0.3 is 5.32 Å². The van der Waals surface area contributed by atoms with E-state index in [4.69, 9.17) is 0 Å². The fourth-order valence-electron chi connectivity index (χ4n) is 3.83. The standard InChI is InChI=1S/C13H27N/c1-7-13(10(2)3,12(4,5)6)11-8-14-9-11/h10-11,14H,7-9H2,1-6H3. The fraction of sp³-hybridized carbons (Fsp3) is 1.00. The van der Waals surface area contributed by atoms with Crippen molar-refractivity contribution < 1.29 is 0 Å². The Bertz CT molecular complexity index is 186. The summed E-state index contributed by atoms with van der Waals surface area (Å²) in [7, 11) is 0. The molecule has 0 aromatic rings. The lowest BCUT2D eigenvalue weighted by molar-refractivity contribution is -0.0575. The second-order valence-electron chi connectivity index (χ2n) is 6.15. The second-order valence-corrected chi connectivity index (χ2v) is 6.15.